The summed E-state index contributed by atoms with van der Waals surface area (Å²) in [5, 5.41) is 6.21. The number of likely N-dealkylation sites (N-methyl/N-ethyl adjacent to an activating group) is 1. The zero-order valence-electron chi connectivity index (χ0n) is 16.3. The first-order valence-electron chi connectivity index (χ1n) is 9.34. The van der Waals surface area contributed by atoms with Crippen molar-refractivity contribution >= 4 is 16.7 Å². The lowest BCUT2D eigenvalue weighted by molar-refractivity contribution is -0.132. The first-order valence-corrected chi connectivity index (χ1v) is 9.34. The van der Waals surface area contributed by atoms with Crippen molar-refractivity contribution in [3.8, 4) is 17.1 Å². The van der Waals surface area contributed by atoms with Gasteiger partial charge in [-0.3, -0.25) is 4.79 Å². The van der Waals surface area contributed by atoms with Crippen molar-refractivity contribution in [1.29, 1.82) is 0 Å². The normalized spacial score (nSPS) is 10.8. The molecule has 1 aromatic heterocycles. The maximum atomic E-state index is 12.4. The minimum absolute atomic E-state index is 0.0618. The van der Waals surface area contributed by atoms with E-state index in [4.69, 9.17) is 9.26 Å². The Hall–Kier alpha value is -3.67. The number of ether oxygens (including phenoxy) is 1. The van der Waals surface area contributed by atoms with Crippen LogP contribution in [0.4, 0.5) is 0 Å². The van der Waals surface area contributed by atoms with Crippen LogP contribution in [0.3, 0.4) is 0 Å². The number of hydrogen-bond acceptors (Lipinski definition) is 5. The van der Waals surface area contributed by atoms with Gasteiger partial charge < -0.3 is 14.2 Å². The van der Waals surface area contributed by atoms with Gasteiger partial charge in [0.15, 0.2) is 6.61 Å². The van der Waals surface area contributed by atoms with Crippen molar-refractivity contribution in [1.82, 2.24) is 15.0 Å². The molecule has 29 heavy (non-hydrogen) atoms. The third kappa shape index (κ3) is 4.43. The fourth-order valence-electron chi connectivity index (χ4n) is 3.02. The van der Waals surface area contributed by atoms with Crippen molar-refractivity contribution in [2.45, 2.75) is 13.5 Å². The van der Waals surface area contributed by atoms with Gasteiger partial charge in [-0.2, -0.15) is 4.98 Å². The number of nitrogens with zero attached hydrogens (tertiary/aromatic N) is 3. The van der Waals surface area contributed by atoms with Crippen LogP contribution >= 0.6 is 0 Å². The SMILES string of the molecule is Cc1cccc(-c2noc(CN(C)C(=O)COc3ccc4ccccc4c3)n2)c1. The molecule has 0 unspecified atom stereocenters. The highest BCUT2D eigenvalue weighted by Crippen LogP contribution is 2.21. The molecule has 3 aromatic carbocycles. The Morgan fingerprint density at radius 3 is 2.69 bits per heavy atom. The summed E-state index contributed by atoms with van der Waals surface area (Å²) < 4.78 is 11.0. The Kier molecular flexibility index (Phi) is 5.24. The zero-order valence-corrected chi connectivity index (χ0v) is 16.3. The van der Waals surface area contributed by atoms with Gasteiger partial charge >= 0.3 is 0 Å². The summed E-state index contributed by atoms with van der Waals surface area (Å²) in [5.74, 6) is 1.37. The summed E-state index contributed by atoms with van der Waals surface area (Å²) in [7, 11) is 1.68. The minimum atomic E-state index is -0.173. The van der Waals surface area contributed by atoms with E-state index >= 15 is 0 Å². The van der Waals surface area contributed by atoms with Crippen molar-refractivity contribution in [3.05, 3.63) is 78.2 Å². The Morgan fingerprint density at radius 1 is 1.03 bits per heavy atom. The van der Waals surface area contributed by atoms with Gasteiger partial charge in [0.2, 0.25) is 11.7 Å². The Labute approximate surface area is 168 Å². The van der Waals surface area contributed by atoms with Gasteiger partial charge in [0.05, 0.1) is 6.54 Å². The quantitative estimate of drug-likeness (QED) is 0.495. The average Bonchev–Trinajstić information content (AvgIpc) is 3.20. The van der Waals surface area contributed by atoms with Crippen LogP contribution in [0.2, 0.25) is 0 Å². The van der Waals surface area contributed by atoms with E-state index in [-0.39, 0.29) is 19.1 Å². The van der Waals surface area contributed by atoms with E-state index in [1.807, 2.05) is 73.7 Å². The summed E-state index contributed by atoms with van der Waals surface area (Å²) in [5.41, 5.74) is 2.00. The summed E-state index contributed by atoms with van der Waals surface area (Å²) in [6.45, 7) is 2.17. The van der Waals surface area contributed by atoms with E-state index in [9.17, 15) is 4.79 Å². The zero-order chi connectivity index (χ0) is 20.2. The Bertz CT molecular complexity index is 1150. The molecule has 0 spiro atoms. The third-order valence-electron chi connectivity index (χ3n) is 4.63. The molecule has 0 radical (unpaired) electrons. The molecule has 0 bridgehead atoms. The first kappa shape index (κ1) is 18.7. The molecule has 0 saturated heterocycles. The molecule has 0 fully saturated rings. The van der Waals surface area contributed by atoms with Gasteiger partial charge in [-0.1, -0.05) is 59.3 Å². The second kappa shape index (κ2) is 8.14. The number of rotatable bonds is 6. The molecule has 0 aliphatic carbocycles. The molecular formula is C23H21N3O3. The number of amides is 1. The van der Waals surface area contributed by atoms with Crippen LogP contribution in [0, 0.1) is 6.92 Å². The number of carbonyl (C=O) groups is 1. The number of benzene rings is 3. The van der Waals surface area contributed by atoms with Crippen LogP contribution in [-0.4, -0.2) is 34.6 Å². The monoisotopic (exact) mass is 387 g/mol. The molecule has 146 valence electrons. The summed E-state index contributed by atoms with van der Waals surface area (Å²) in [4.78, 5) is 18.3. The number of aryl methyl sites for hydroxylation is 1. The molecule has 1 heterocycles. The van der Waals surface area contributed by atoms with E-state index in [1.54, 1.807) is 7.05 Å². The molecule has 0 saturated carbocycles. The topological polar surface area (TPSA) is 68.5 Å². The Morgan fingerprint density at radius 2 is 1.86 bits per heavy atom. The minimum Gasteiger partial charge on any atom is -0.484 e. The molecule has 1 amide bonds. The molecule has 4 aromatic rings. The van der Waals surface area contributed by atoms with Crippen LogP contribution in [0.25, 0.3) is 22.2 Å². The molecule has 0 atom stereocenters. The predicted octanol–water partition coefficient (Wildman–Crippen LogP) is 4.24. The number of aromatic nitrogens is 2. The average molecular weight is 387 g/mol. The van der Waals surface area contributed by atoms with Crippen molar-refractivity contribution in [2.75, 3.05) is 13.7 Å². The van der Waals surface area contributed by atoms with Gasteiger partial charge in [0.25, 0.3) is 5.91 Å². The van der Waals surface area contributed by atoms with Crippen LogP contribution < -0.4 is 4.74 Å². The van der Waals surface area contributed by atoms with Crippen molar-refractivity contribution in [3.63, 3.8) is 0 Å². The van der Waals surface area contributed by atoms with Crippen LogP contribution in [0.15, 0.2) is 71.3 Å². The second-order valence-corrected chi connectivity index (χ2v) is 6.93. The highest BCUT2D eigenvalue weighted by molar-refractivity contribution is 5.84. The molecule has 6 nitrogen and oxygen atoms in total. The van der Waals surface area contributed by atoms with Crippen molar-refractivity contribution in [2.24, 2.45) is 0 Å². The standard InChI is InChI=1S/C23H21N3O3/c1-16-6-5-9-19(12-16)23-24-21(29-25-23)14-26(2)22(27)15-28-20-11-10-17-7-3-4-8-18(17)13-20/h3-13H,14-15H2,1-2H3. The molecule has 4 rings (SSSR count). The molecule has 0 N–H and O–H groups in total. The first-order chi connectivity index (χ1) is 14.1. The van der Waals surface area contributed by atoms with Crippen LogP contribution in [0.1, 0.15) is 11.5 Å². The lowest BCUT2D eigenvalue weighted by atomic mass is 10.1. The summed E-state index contributed by atoms with van der Waals surface area (Å²) in [6, 6.07) is 21.6. The number of carbonyl (C=O) groups excluding carboxylic acids is 1. The predicted molar refractivity (Wildman–Crippen MR) is 110 cm³/mol. The van der Waals surface area contributed by atoms with Crippen LogP contribution in [0.5, 0.6) is 5.75 Å². The Balaban J connectivity index is 1.35. The van der Waals surface area contributed by atoms with Gasteiger partial charge in [-0.25, -0.2) is 0 Å². The fourth-order valence-corrected chi connectivity index (χ4v) is 3.02. The number of hydrogen-bond donors (Lipinski definition) is 0. The molecule has 0 aliphatic heterocycles. The third-order valence-corrected chi connectivity index (χ3v) is 4.63. The lowest BCUT2D eigenvalue weighted by Crippen LogP contribution is -2.31. The van der Waals surface area contributed by atoms with Crippen LogP contribution in [-0.2, 0) is 11.3 Å². The van der Waals surface area contributed by atoms with E-state index in [0.29, 0.717) is 17.5 Å². The van der Waals surface area contributed by atoms with E-state index in [2.05, 4.69) is 10.1 Å². The fraction of sp³-hybridized carbons (Fsp3) is 0.174. The maximum absolute atomic E-state index is 12.4. The van der Waals surface area contributed by atoms with E-state index in [1.165, 1.54) is 4.90 Å². The largest absolute Gasteiger partial charge is 0.484 e. The van der Waals surface area contributed by atoms with E-state index < -0.39 is 0 Å². The highest BCUT2D eigenvalue weighted by atomic mass is 16.5. The molecular weight excluding hydrogens is 366 g/mol. The van der Waals surface area contributed by atoms with Crippen molar-refractivity contribution < 1.29 is 14.1 Å². The molecule has 6 heteroatoms. The van der Waals surface area contributed by atoms with E-state index in [0.717, 1.165) is 21.9 Å². The maximum Gasteiger partial charge on any atom is 0.260 e. The lowest BCUT2D eigenvalue weighted by Gasteiger charge is -2.15. The van der Waals surface area contributed by atoms with Gasteiger partial charge in [0, 0.05) is 12.6 Å². The van der Waals surface area contributed by atoms with Gasteiger partial charge in [-0.05, 0) is 35.9 Å². The van der Waals surface area contributed by atoms with Gasteiger partial charge in [-0.15, -0.1) is 0 Å². The molecule has 0 aliphatic rings. The highest BCUT2D eigenvalue weighted by Gasteiger charge is 2.15. The second-order valence-electron chi connectivity index (χ2n) is 6.93. The smallest absolute Gasteiger partial charge is 0.260 e. The van der Waals surface area contributed by atoms with Gasteiger partial charge in [0.1, 0.15) is 5.75 Å². The summed E-state index contributed by atoms with van der Waals surface area (Å²) >= 11 is 0. The summed E-state index contributed by atoms with van der Waals surface area (Å²) in [6.07, 6.45) is 0. The number of fused-ring (bicyclic) bond motifs is 1.